The molecule has 1 atom stereocenters. The molecule has 17 heavy (non-hydrogen) atoms. The van der Waals surface area contributed by atoms with Crippen LogP contribution in [-0.4, -0.2) is 23.2 Å². The highest BCUT2D eigenvalue weighted by Gasteiger charge is 2.17. The Morgan fingerprint density at radius 1 is 1.41 bits per heavy atom. The Balaban J connectivity index is 2.09. The first-order chi connectivity index (χ1) is 7.97. The van der Waals surface area contributed by atoms with E-state index < -0.39 is 15.4 Å². The van der Waals surface area contributed by atoms with Gasteiger partial charge >= 0.3 is 0 Å². The minimum absolute atomic E-state index is 0.388. The van der Waals surface area contributed by atoms with Crippen LogP contribution in [0.25, 0.3) is 10.2 Å². The zero-order valence-corrected chi connectivity index (χ0v) is 11.0. The van der Waals surface area contributed by atoms with Crippen LogP contribution in [0.2, 0.25) is 0 Å². The topological polar surface area (TPSA) is 67.3 Å². The highest BCUT2D eigenvalue weighted by molar-refractivity contribution is 7.86. The van der Waals surface area contributed by atoms with Crippen LogP contribution in [0.5, 0.6) is 0 Å². The van der Waals surface area contributed by atoms with Crippen LogP contribution in [0.1, 0.15) is 18.4 Å². The quantitative estimate of drug-likeness (QED) is 0.868. The maximum Gasteiger partial charge on any atom is 0.267 e. The molecule has 1 aromatic heterocycles. The molecule has 2 aromatic rings. The van der Waals surface area contributed by atoms with Crippen molar-refractivity contribution in [2.75, 3.05) is 0 Å². The molecule has 0 radical (unpaired) electrons. The average Bonchev–Trinajstić information content (AvgIpc) is 2.66. The molecule has 1 aromatic carbocycles. The molecule has 0 saturated heterocycles. The molecule has 0 amide bonds. The van der Waals surface area contributed by atoms with E-state index in [1.54, 1.807) is 11.3 Å². The Labute approximate surface area is 104 Å². The molecular weight excluding hydrogens is 258 g/mol. The molecular formula is C11H13NO3S2. The molecule has 4 nitrogen and oxygen atoms in total. The number of rotatable bonds is 4. The Hall–Kier alpha value is -0.980. The summed E-state index contributed by atoms with van der Waals surface area (Å²) >= 11 is 1.56. The van der Waals surface area contributed by atoms with E-state index in [4.69, 9.17) is 4.55 Å². The molecule has 1 unspecified atom stereocenters. The summed E-state index contributed by atoms with van der Waals surface area (Å²) in [5, 5.41) is 0.163. The molecule has 0 aliphatic heterocycles. The second kappa shape index (κ2) is 4.72. The van der Waals surface area contributed by atoms with Crippen molar-refractivity contribution in [3.63, 3.8) is 0 Å². The molecule has 0 bridgehead atoms. The number of aromatic nitrogens is 1. The summed E-state index contributed by atoms with van der Waals surface area (Å²) in [6.07, 6.45) is 0.957. The maximum absolute atomic E-state index is 10.9. The predicted molar refractivity (Wildman–Crippen MR) is 69.0 cm³/mol. The molecule has 0 saturated carbocycles. The lowest BCUT2D eigenvalue weighted by molar-refractivity contribution is 0.466. The zero-order chi connectivity index (χ0) is 12.5. The largest absolute Gasteiger partial charge is 0.285 e. The summed E-state index contributed by atoms with van der Waals surface area (Å²) in [4.78, 5) is 4.41. The normalized spacial score (nSPS) is 14.0. The highest BCUT2D eigenvalue weighted by atomic mass is 32.2. The number of fused-ring (bicyclic) bond motifs is 1. The third-order valence-corrected chi connectivity index (χ3v) is 4.96. The zero-order valence-electron chi connectivity index (χ0n) is 9.33. The van der Waals surface area contributed by atoms with Gasteiger partial charge in [0.05, 0.1) is 20.5 Å². The number of thiazole rings is 1. The van der Waals surface area contributed by atoms with Gasteiger partial charge in [0.15, 0.2) is 0 Å². The van der Waals surface area contributed by atoms with E-state index in [0.717, 1.165) is 15.2 Å². The molecule has 0 aliphatic carbocycles. The number of aryl methyl sites for hydroxylation is 1. The van der Waals surface area contributed by atoms with Crippen LogP contribution in [0.15, 0.2) is 24.3 Å². The summed E-state index contributed by atoms with van der Waals surface area (Å²) in [5.74, 6) is 0. The van der Waals surface area contributed by atoms with Crippen molar-refractivity contribution in [3.05, 3.63) is 29.3 Å². The second-order valence-electron chi connectivity index (χ2n) is 3.94. The van der Waals surface area contributed by atoms with Gasteiger partial charge in [0.25, 0.3) is 10.1 Å². The van der Waals surface area contributed by atoms with Crippen molar-refractivity contribution in [2.24, 2.45) is 0 Å². The van der Waals surface area contributed by atoms with E-state index in [1.807, 2.05) is 24.3 Å². The Kier molecular flexibility index (Phi) is 3.46. The van der Waals surface area contributed by atoms with Crippen LogP contribution >= 0.6 is 11.3 Å². The van der Waals surface area contributed by atoms with Crippen molar-refractivity contribution in [3.8, 4) is 0 Å². The molecule has 1 N–H and O–H groups in total. The first-order valence-electron chi connectivity index (χ1n) is 5.27. The van der Waals surface area contributed by atoms with Gasteiger partial charge < -0.3 is 0 Å². The van der Waals surface area contributed by atoms with E-state index in [2.05, 4.69) is 4.98 Å². The van der Waals surface area contributed by atoms with Crippen LogP contribution in [0.3, 0.4) is 0 Å². The lowest BCUT2D eigenvalue weighted by atomic mass is 10.2. The Bertz CT molecular complexity index is 585. The summed E-state index contributed by atoms with van der Waals surface area (Å²) in [7, 11) is -3.93. The lowest BCUT2D eigenvalue weighted by Crippen LogP contribution is -2.17. The van der Waals surface area contributed by atoms with Crippen molar-refractivity contribution in [1.29, 1.82) is 0 Å². The van der Waals surface area contributed by atoms with E-state index >= 15 is 0 Å². The van der Waals surface area contributed by atoms with Crippen LogP contribution in [0.4, 0.5) is 0 Å². The van der Waals surface area contributed by atoms with Crippen molar-refractivity contribution in [2.45, 2.75) is 25.0 Å². The fourth-order valence-corrected chi connectivity index (χ4v) is 2.90. The van der Waals surface area contributed by atoms with Crippen LogP contribution in [0, 0.1) is 0 Å². The van der Waals surface area contributed by atoms with Crippen molar-refractivity contribution < 1.29 is 13.0 Å². The first kappa shape index (κ1) is 12.5. The minimum atomic E-state index is -3.93. The SMILES string of the molecule is CC(CCc1nc2ccccc2s1)S(=O)(=O)O. The van der Waals surface area contributed by atoms with Crippen LogP contribution in [-0.2, 0) is 16.5 Å². The third kappa shape index (κ3) is 3.02. The van der Waals surface area contributed by atoms with Gasteiger partial charge in [-0.3, -0.25) is 4.55 Å². The summed E-state index contributed by atoms with van der Waals surface area (Å²) < 4.78 is 31.7. The smallest absolute Gasteiger partial charge is 0.267 e. The molecule has 0 aliphatic rings. The highest BCUT2D eigenvalue weighted by Crippen LogP contribution is 2.23. The number of benzene rings is 1. The molecule has 0 fully saturated rings. The summed E-state index contributed by atoms with van der Waals surface area (Å²) in [5.41, 5.74) is 0.937. The van der Waals surface area contributed by atoms with Crippen molar-refractivity contribution >= 4 is 31.7 Å². The van der Waals surface area contributed by atoms with Gasteiger partial charge in [-0.15, -0.1) is 11.3 Å². The number of hydrogen-bond acceptors (Lipinski definition) is 4. The fourth-order valence-electron chi connectivity index (χ4n) is 1.50. The standard InChI is InChI=1S/C11H13NO3S2/c1-8(17(13,14)15)6-7-11-12-9-4-2-3-5-10(9)16-11/h2-5,8H,6-7H2,1H3,(H,13,14,15). The molecule has 2 rings (SSSR count). The number of hydrogen-bond donors (Lipinski definition) is 1. The number of para-hydroxylation sites is 1. The van der Waals surface area contributed by atoms with E-state index in [9.17, 15) is 8.42 Å². The number of nitrogens with zero attached hydrogens (tertiary/aromatic N) is 1. The van der Waals surface area contributed by atoms with Gasteiger partial charge in [-0.05, 0) is 25.5 Å². The molecule has 1 heterocycles. The summed E-state index contributed by atoms with van der Waals surface area (Å²) in [6, 6.07) is 7.79. The third-order valence-electron chi connectivity index (χ3n) is 2.61. The maximum atomic E-state index is 10.9. The molecule has 6 heteroatoms. The second-order valence-corrected chi connectivity index (χ2v) is 6.89. The van der Waals surface area contributed by atoms with Gasteiger partial charge in [0.2, 0.25) is 0 Å². The monoisotopic (exact) mass is 271 g/mol. The fraction of sp³-hybridized carbons (Fsp3) is 0.364. The van der Waals surface area contributed by atoms with Gasteiger partial charge in [0.1, 0.15) is 0 Å². The van der Waals surface area contributed by atoms with E-state index in [-0.39, 0.29) is 0 Å². The Morgan fingerprint density at radius 2 is 2.12 bits per heavy atom. The van der Waals surface area contributed by atoms with Gasteiger partial charge in [-0.25, -0.2) is 4.98 Å². The minimum Gasteiger partial charge on any atom is -0.285 e. The lowest BCUT2D eigenvalue weighted by Gasteiger charge is -2.05. The first-order valence-corrected chi connectivity index (χ1v) is 7.59. The molecule has 92 valence electrons. The average molecular weight is 271 g/mol. The predicted octanol–water partition coefficient (Wildman–Crippen LogP) is 2.51. The summed E-state index contributed by atoms with van der Waals surface area (Å²) in [6.45, 7) is 1.50. The van der Waals surface area contributed by atoms with Gasteiger partial charge in [-0.1, -0.05) is 12.1 Å². The van der Waals surface area contributed by atoms with Crippen molar-refractivity contribution in [1.82, 2.24) is 4.98 Å². The van der Waals surface area contributed by atoms with Gasteiger partial charge in [-0.2, -0.15) is 8.42 Å². The molecule has 0 spiro atoms. The van der Waals surface area contributed by atoms with E-state index in [1.165, 1.54) is 6.92 Å². The van der Waals surface area contributed by atoms with Gasteiger partial charge in [0, 0.05) is 6.42 Å². The Morgan fingerprint density at radius 3 is 2.76 bits per heavy atom. The van der Waals surface area contributed by atoms with Crippen LogP contribution < -0.4 is 0 Å². The van der Waals surface area contributed by atoms with E-state index in [0.29, 0.717) is 12.8 Å².